The lowest BCUT2D eigenvalue weighted by Gasteiger charge is -2.07. The highest BCUT2D eigenvalue weighted by atomic mass is 35.5. The molecule has 0 unspecified atom stereocenters. The first-order valence-electron chi connectivity index (χ1n) is 8.41. The van der Waals surface area contributed by atoms with Crippen molar-refractivity contribution in [2.24, 2.45) is 0 Å². The van der Waals surface area contributed by atoms with Gasteiger partial charge in [-0.3, -0.25) is 4.79 Å². The first kappa shape index (κ1) is 18.5. The Labute approximate surface area is 170 Å². The molecule has 0 amide bonds. The van der Waals surface area contributed by atoms with Crippen LogP contribution in [0.2, 0.25) is 10.0 Å². The van der Waals surface area contributed by atoms with E-state index in [2.05, 4.69) is 0 Å². The molecule has 0 fully saturated rings. The predicted molar refractivity (Wildman–Crippen MR) is 107 cm³/mol. The molecule has 1 aliphatic rings. The van der Waals surface area contributed by atoms with E-state index in [0.717, 1.165) is 5.56 Å². The summed E-state index contributed by atoms with van der Waals surface area (Å²) in [7, 11) is 0. The molecule has 0 N–H and O–H groups in total. The van der Waals surface area contributed by atoms with Crippen LogP contribution in [0.25, 0.3) is 6.08 Å². The summed E-state index contributed by atoms with van der Waals surface area (Å²) >= 11 is 12.0. The monoisotopic (exact) mass is 414 g/mol. The number of fused-ring (bicyclic) bond motifs is 1. The standard InChI is InChI=1S/C22H13Cl2FO3/c23-14-4-1-3-13(9-14)12-27-15-7-8-16-20(10-15)28-21(22(16)26)11-17-18(24)5-2-6-19(17)25/h1-11H,12H2/b21-11-. The van der Waals surface area contributed by atoms with E-state index < -0.39 is 5.82 Å². The fraction of sp³-hybridized carbons (Fsp3) is 0.0455. The molecule has 140 valence electrons. The fourth-order valence-electron chi connectivity index (χ4n) is 2.83. The Balaban J connectivity index is 1.55. The van der Waals surface area contributed by atoms with Gasteiger partial charge < -0.3 is 9.47 Å². The van der Waals surface area contributed by atoms with Gasteiger partial charge in [-0.2, -0.15) is 0 Å². The van der Waals surface area contributed by atoms with E-state index in [1.807, 2.05) is 18.2 Å². The van der Waals surface area contributed by atoms with Gasteiger partial charge in [-0.15, -0.1) is 0 Å². The number of ketones is 1. The maximum atomic E-state index is 14.0. The molecule has 0 atom stereocenters. The molecule has 3 aromatic rings. The van der Waals surface area contributed by atoms with Gasteiger partial charge in [-0.05, 0) is 48.0 Å². The van der Waals surface area contributed by atoms with Crippen LogP contribution < -0.4 is 9.47 Å². The zero-order valence-electron chi connectivity index (χ0n) is 14.4. The maximum Gasteiger partial charge on any atom is 0.231 e. The lowest BCUT2D eigenvalue weighted by atomic mass is 10.1. The molecule has 6 heteroatoms. The number of carbonyl (C=O) groups excluding carboxylic acids is 1. The van der Waals surface area contributed by atoms with Gasteiger partial charge in [0.1, 0.15) is 23.9 Å². The number of hydrogen-bond acceptors (Lipinski definition) is 3. The molecule has 0 aromatic heterocycles. The van der Waals surface area contributed by atoms with Crippen LogP contribution >= 0.6 is 23.2 Å². The number of allylic oxidation sites excluding steroid dienone is 1. The lowest BCUT2D eigenvalue weighted by molar-refractivity contribution is 0.101. The molecule has 1 aliphatic heterocycles. The van der Waals surface area contributed by atoms with E-state index in [4.69, 9.17) is 32.7 Å². The second kappa shape index (κ2) is 7.66. The van der Waals surface area contributed by atoms with Gasteiger partial charge in [0, 0.05) is 16.7 Å². The van der Waals surface area contributed by atoms with Crippen LogP contribution in [0.4, 0.5) is 4.39 Å². The van der Waals surface area contributed by atoms with Crippen molar-refractivity contribution in [2.75, 3.05) is 0 Å². The summed E-state index contributed by atoms with van der Waals surface area (Å²) in [6.45, 7) is 0.320. The molecule has 0 aliphatic carbocycles. The molecule has 0 bridgehead atoms. The zero-order chi connectivity index (χ0) is 19.7. The summed E-state index contributed by atoms with van der Waals surface area (Å²) in [5, 5.41) is 0.830. The average Bonchev–Trinajstić information content (AvgIpc) is 2.98. The van der Waals surface area contributed by atoms with Crippen LogP contribution in [0.5, 0.6) is 11.5 Å². The maximum absolute atomic E-state index is 14.0. The van der Waals surface area contributed by atoms with Crippen molar-refractivity contribution in [1.29, 1.82) is 0 Å². The van der Waals surface area contributed by atoms with Gasteiger partial charge in [-0.1, -0.05) is 41.4 Å². The fourth-order valence-corrected chi connectivity index (χ4v) is 3.26. The highest BCUT2D eigenvalue weighted by Crippen LogP contribution is 2.36. The number of Topliss-reactive ketones (excluding diaryl/α,β-unsaturated/α-hetero) is 1. The molecule has 0 saturated heterocycles. The largest absolute Gasteiger partial charge is 0.489 e. The van der Waals surface area contributed by atoms with Crippen LogP contribution in [0, 0.1) is 5.82 Å². The van der Waals surface area contributed by atoms with Crippen LogP contribution in [-0.4, -0.2) is 5.78 Å². The molecule has 28 heavy (non-hydrogen) atoms. The minimum atomic E-state index is -0.530. The molecule has 0 radical (unpaired) electrons. The van der Waals surface area contributed by atoms with Crippen molar-refractivity contribution in [2.45, 2.75) is 6.61 Å². The third-order valence-corrected chi connectivity index (χ3v) is 4.78. The summed E-state index contributed by atoms with van der Waals surface area (Å²) < 4.78 is 25.4. The Morgan fingerprint density at radius 2 is 1.86 bits per heavy atom. The van der Waals surface area contributed by atoms with Crippen molar-refractivity contribution < 1.29 is 18.7 Å². The highest BCUT2D eigenvalue weighted by molar-refractivity contribution is 6.32. The van der Waals surface area contributed by atoms with Crippen molar-refractivity contribution in [3.05, 3.63) is 99.0 Å². The van der Waals surface area contributed by atoms with E-state index in [9.17, 15) is 9.18 Å². The third kappa shape index (κ3) is 3.75. The van der Waals surface area contributed by atoms with Gasteiger partial charge in [0.15, 0.2) is 5.76 Å². The van der Waals surface area contributed by atoms with Gasteiger partial charge in [-0.25, -0.2) is 4.39 Å². The summed E-state index contributed by atoms with van der Waals surface area (Å²) in [6, 6.07) is 16.6. The zero-order valence-corrected chi connectivity index (χ0v) is 15.9. The molecular formula is C22H13Cl2FO3. The number of carbonyl (C=O) groups is 1. The molecule has 0 saturated carbocycles. The van der Waals surface area contributed by atoms with Gasteiger partial charge >= 0.3 is 0 Å². The number of benzene rings is 3. The minimum Gasteiger partial charge on any atom is -0.489 e. The van der Waals surface area contributed by atoms with Crippen LogP contribution in [0.1, 0.15) is 21.5 Å². The van der Waals surface area contributed by atoms with Crippen LogP contribution in [-0.2, 0) is 6.61 Å². The van der Waals surface area contributed by atoms with E-state index in [-0.39, 0.29) is 22.1 Å². The van der Waals surface area contributed by atoms with Crippen molar-refractivity contribution in [3.63, 3.8) is 0 Å². The van der Waals surface area contributed by atoms with Gasteiger partial charge in [0.05, 0.1) is 10.6 Å². The smallest absolute Gasteiger partial charge is 0.231 e. The van der Waals surface area contributed by atoms with E-state index >= 15 is 0 Å². The Morgan fingerprint density at radius 3 is 2.64 bits per heavy atom. The minimum absolute atomic E-state index is 0.00833. The number of rotatable bonds is 4. The Kier molecular flexibility index (Phi) is 5.07. The first-order valence-corrected chi connectivity index (χ1v) is 9.16. The van der Waals surface area contributed by atoms with Crippen molar-refractivity contribution in [1.82, 2.24) is 0 Å². The topological polar surface area (TPSA) is 35.5 Å². The molecule has 1 heterocycles. The van der Waals surface area contributed by atoms with Gasteiger partial charge in [0.25, 0.3) is 0 Å². The second-order valence-electron chi connectivity index (χ2n) is 6.15. The summed E-state index contributed by atoms with van der Waals surface area (Å²) in [4.78, 5) is 12.5. The average molecular weight is 415 g/mol. The Bertz CT molecular complexity index is 1090. The summed E-state index contributed by atoms with van der Waals surface area (Å²) in [5.74, 6) is 0.0339. The van der Waals surface area contributed by atoms with E-state index in [1.54, 1.807) is 30.3 Å². The Hall–Kier alpha value is -2.82. The molecule has 0 spiro atoms. The van der Waals surface area contributed by atoms with Crippen molar-refractivity contribution in [3.8, 4) is 11.5 Å². The molecule has 4 rings (SSSR count). The molecule has 3 aromatic carbocycles. The Morgan fingerprint density at radius 1 is 1.04 bits per heavy atom. The van der Waals surface area contributed by atoms with E-state index in [0.29, 0.717) is 28.7 Å². The normalized spacial score (nSPS) is 14.1. The van der Waals surface area contributed by atoms with Crippen LogP contribution in [0.3, 0.4) is 0 Å². The second-order valence-corrected chi connectivity index (χ2v) is 7.00. The molecule has 3 nitrogen and oxygen atoms in total. The number of ether oxygens (including phenoxy) is 2. The quantitative estimate of drug-likeness (QED) is 0.468. The number of halogens is 3. The molecular weight excluding hydrogens is 402 g/mol. The first-order chi connectivity index (χ1) is 13.5. The highest BCUT2D eigenvalue weighted by Gasteiger charge is 2.28. The third-order valence-electron chi connectivity index (χ3n) is 4.21. The summed E-state index contributed by atoms with van der Waals surface area (Å²) in [6.07, 6.45) is 1.31. The van der Waals surface area contributed by atoms with Crippen LogP contribution in [0.15, 0.2) is 66.4 Å². The van der Waals surface area contributed by atoms with Gasteiger partial charge in [0.2, 0.25) is 5.78 Å². The predicted octanol–water partition coefficient (Wildman–Crippen LogP) is 6.33. The number of hydrogen-bond donors (Lipinski definition) is 0. The van der Waals surface area contributed by atoms with E-state index in [1.165, 1.54) is 18.2 Å². The lowest BCUT2D eigenvalue weighted by Crippen LogP contribution is -1.99. The SMILES string of the molecule is O=C1/C(=C/c2c(F)cccc2Cl)Oc2cc(OCc3cccc(Cl)c3)ccc21. The van der Waals surface area contributed by atoms with Crippen molar-refractivity contribution >= 4 is 35.1 Å². The summed E-state index contributed by atoms with van der Waals surface area (Å²) in [5.41, 5.74) is 1.41.